The van der Waals surface area contributed by atoms with Gasteiger partial charge in [0, 0.05) is 31.5 Å². The number of allylic oxidation sites excluding steroid dienone is 1. The van der Waals surface area contributed by atoms with Crippen molar-refractivity contribution in [1.29, 1.82) is 0 Å². The number of fused-ring (bicyclic) bond motifs is 3. The minimum absolute atomic E-state index is 0.0344. The molecule has 1 fully saturated rings. The maximum atomic E-state index is 12.9. The van der Waals surface area contributed by atoms with Gasteiger partial charge in [0.1, 0.15) is 11.5 Å². The highest BCUT2D eigenvalue weighted by molar-refractivity contribution is 5.95. The maximum Gasteiger partial charge on any atom is 0.320 e. The lowest BCUT2D eigenvalue weighted by atomic mass is 9.98. The van der Waals surface area contributed by atoms with Gasteiger partial charge in [-0.3, -0.25) is 14.7 Å². The highest BCUT2D eigenvalue weighted by Gasteiger charge is 2.20. The van der Waals surface area contributed by atoms with E-state index >= 15 is 0 Å². The zero-order valence-corrected chi connectivity index (χ0v) is 23.2. The molecule has 4 aromatic rings. The summed E-state index contributed by atoms with van der Waals surface area (Å²) in [7, 11) is 0. The summed E-state index contributed by atoms with van der Waals surface area (Å²) < 4.78 is 7.80. The third kappa shape index (κ3) is 5.70. The number of Topliss-reactive ketones (excluding diaryl/α,β-unsaturated/α-hetero) is 1. The summed E-state index contributed by atoms with van der Waals surface area (Å²) in [6, 6.07) is 8.40. The fraction of sp³-hybridized carbons (Fsp3) is 0.400. The average molecular weight is 555 g/mol. The van der Waals surface area contributed by atoms with Crippen LogP contribution in [-0.4, -0.2) is 66.0 Å². The van der Waals surface area contributed by atoms with Crippen molar-refractivity contribution < 1.29 is 14.3 Å². The Morgan fingerprint density at radius 1 is 1.15 bits per heavy atom. The lowest BCUT2D eigenvalue weighted by Gasteiger charge is -2.14. The predicted molar refractivity (Wildman–Crippen MR) is 155 cm³/mol. The number of nitrogens with one attached hydrogen (secondary N) is 1. The molecule has 0 unspecified atom stereocenters. The summed E-state index contributed by atoms with van der Waals surface area (Å²) in [5, 5.41) is 7.45. The molecule has 3 N–H and O–H groups in total. The molecule has 0 aliphatic carbocycles. The van der Waals surface area contributed by atoms with Crippen LogP contribution < -0.4 is 10.5 Å². The van der Waals surface area contributed by atoms with E-state index in [-0.39, 0.29) is 17.7 Å². The van der Waals surface area contributed by atoms with Gasteiger partial charge in [0.15, 0.2) is 22.8 Å². The number of ketones is 1. The molecular weight excluding hydrogens is 520 g/mol. The molecule has 212 valence electrons. The fourth-order valence-corrected chi connectivity index (χ4v) is 5.52. The maximum absolute atomic E-state index is 12.9. The Bertz CT molecular complexity index is 1640. The molecule has 1 aromatic carbocycles. The normalized spacial score (nSPS) is 16.2. The molecule has 41 heavy (non-hydrogen) atoms. The van der Waals surface area contributed by atoms with Crippen LogP contribution in [0.4, 0.5) is 5.82 Å². The molecule has 11 nitrogen and oxygen atoms in total. The van der Waals surface area contributed by atoms with E-state index in [1.807, 2.05) is 22.5 Å². The zero-order valence-electron chi connectivity index (χ0n) is 23.2. The highest BCUT2D eigenvalue weighted by atomic mass is 16.5. The van der Waals surface area contributed by atoms with Crippen LogP contribution in [0.15, 0.2) is 36.4 Å². The van der Waals surface area contributed by atoms with Crippen molar-refractivity contribution in [1.82, 2.24) is 34.6 Å². The third-order valence-corrected chi connectivity index (χ3v) is 7.73. The molecule has 4 bridgehead atoms. The van der Waals surface area contributed by atoms with Gasteiger partial charge in [-0.25, -0.2) is 4.98 Å². The number of aromatic amines is 1. The van der Waals surface area contributed by atoms with Gasteiger partial charge in [0.2, 0.25) is 5.91 Å². The van der Waals surface area contributed by atoms with Gasteiger partial charge in [-0.1, -0.05) is 30.4 Å². The lowest BCUT2D eigenvalue weighted by Crippen LogP contribution is -2.25. The molecule has 1 amide bonds. The standard InChI is InChI=1S/C30H34N8O3/c1-19-32-27-28(31)33-30-34-29(27)38(19)18-20-11-12-22(21(16-20)8-3-2-6-15-41-30)23-17-24(36-35-23)25(39)9-4-5-13-37-14-7-10-26(37)40/h2-3,11-12,16-17H,4-10,13-15,18H2,1H3,(H,35,36)(H2,31,33,34)/b3-2+. The van der Waals surface area contributed by atoms with Crippen molar-refractivity contribution in [3.63, 3.8) is 0 Å². The third-order valence-electron chi connectivity index (χ3n) is 7.73. The number of imidazole rings is 1. The van der Waals surface area contributed by atoms with Gasteiger partial charge in [-0.2, -0.15) is 15.1 Å². The number of hydrogen-bond donors (Lipinski definition) is 2. The molecule has 3 aromatic heterocycles. The van der Waals surface area contributed by atoms with Crippen LogP contribution in [0, 0.1) is 6.92 Å². The number of amides is 1. The van der Waals surface area contributed by atoms with Crippen LogP contribution in [0.1, 0.15) is 66.0 Å². The van der Waals surface area contributed by atoms with Crippen molar-refractivity contribution >= 4 is 28.7 Å². The Balaban J connectivity index is 1.21. The van der Waals surface area contributed by atoms with Crippen LogP contribution in [0.5, 0.6) is 6.01 Å². The minimum atomic E-state index is 0.0344. The van der Waals surface area contributed by atoms with Crippen molar-refractivity contribution in [2.45, 2.75) is 58.4 Å². The molecule has 0 saturated carbocycles. The number of unbranched alkanes of at least 4 members (excludes halogenated alkanes) is 1. The molecular formula is C30H34N8O3. The molecule has 0 spiro atoms. The van der Waals surface area contributed by atoms with E-state index in [9.17, 15) is 9.59 Å². The molecule has 0 atom stereocenters. The van der Waals surface area contributed by atoms with Gasteiger partial charge < -0.3 is 19.9 Å². The summed E-state index contributed by atoms with van der Waals surface area (Å²) in [5.41, 5.74) is 11.8. The molecule has 11 heteroatoms. The number of ether oxygens (including phenoxy) is 1. The van der Waals surface area contributed by atoms with Crippen LogP contribution >= 0.6 is 0 Å². The fourth-order valence-electron chi connectivity index (χ4n) is 5.52. The number of aromatic nitrogens is 6. The Hall–Kier alpha value is -4.54. The van der Waals surface area contributed by atoms with Gasteiger partial charge in [-0.15, -0.1) is 0 Å². The van der Waals surface area contributed by atoms with Crippen LogP contribution in [0.25, 0.3) is 22.4 Å². The quantitative estimate of drug-likeness (QED) is 0.198. The van der Waals surface area contributed by atoms with Gasteiger partial charge in [-0.05, 0) is 56.2 Å². The number of aryl methyl sites for hydroxylation is 1. The van der Waals surface area contributed by atoms with E-state index in [1.54, 1.807) is 0 Å². The Morgan fingerprint density at radius 2 is 2.05 bits per heavy atom. The number of hydrogen-bond acceptors (Lipinski definition) is 8. The number of carbonyl (C=O) groups is 2. The summed E-state index contributed by atoms with van der Waals surface area (Å²) >= 11 is 0. The van der Waals surface area contributed by atoms with Crippen LogP contribution in [0.3, 0.4) is 0 Å². The molecule has 2 aliphatic heterocycles. The molecule has 1 saturated heterocycles. The first kappa shape index (κ1) is 26.7. The molecule has 0 radical (unpaired) electrons. The Kier molecular flexibility index (Phi) is 7.49. The number of nitrogen functional groups attached to an aromatic ring is 1. The number of rotatable bonds is 7. The van der Waals surface area contributed by atoms with E-state index in [1.165, 1.54) is 0 Å². The SMILES string of the molecule is Cc1nc2c(N)nc3nc2n1Cc1ccc(-c2cc(C(=O)CCCCN4CCCC4=O)[nH]n2)c(c1)C/C=C/CCO3. The molecule has 5 heterocycles. The summed E-state index contributed by atoms with van der Waals surface area (Å²) in [4.78, 5) is 40.0. The first-order chi connectivity index (χ1) is 20.0. The van der Waals surface area contributed by atoms with Gasteiger partial charge >= 0.3 is 6.01 Å². The second-order valence-corrected chi connectivity index (χ2v) is 10.6. The van der Waals surface area contributed by atoms with Crippen molar-refractivity contribution in [2.24, 2.45) is 0 Å². The first-order valence-corrected chi connectivity index (χ1v) is 14.2. The van der Waals surface area contributed by atoms with Crippen molar-refractivity contribution in [2.75, 3.05) is 25.4 Å². The summed E-state index contributed by atoms with van der Waals surface area (Å²) in [5.74, 6) is 1.35. The topological polar surface area (TPSA) is 145 Å². The number of nitrogens with two attached hydrogens (primary N) is 1. The zero-order chi connectivity index (χ0) is 28.3. The summed E-state index contributed by atoms with van der Waals surface area (Å²) in [6.07, 6.45) is 9.18. The van der Waals surface area contributed by atoms with E-state index in [2.05, 4.69) is 55.5 Å². The van der Waals surface area contributed by atoms with Crippen molar-refractivity contribution in [3.8, 4) is 17.3 Å². The number of H-pyrrole nitrogens is 1. The van der Waals surface area contributed by atoms with Crippen LogP contribution in [-0.2, 0) is 17.8 Å². The van der Waals surface area contributed by atoms with E-state index in [0.717, 1.165) is 60.6 Å². The number of nitrogens with zero attached hydrogens (tertiary/aromatic N) is 6. The Labute approximate surface area is 237 Å². The van der Waals surface area contributed by atoms with Crippen LogP contribution in [0.2, 0.25) is 0 Å². The largest absolute Gasteiger partial charge is 0.463 e. The average Bonchev–Trinajstić information content (AvgIpc) is 3.68. The lowest BCUT2D eigenvalue weighted by molar-refractivity contribution is -0.127. The van der Waals surface area contributed by atoms with Gasteiger partial charge in [0.05, 0.1) is 18.8 Å². The first-order valence-electron chi connectivity index (χ1n) is 14.2. The Morgan fingerprint density at radius 3 is 2.90 bits per heavy atom. The number of carbonyl (C=O) groups excluding carboxylic acids is 2. The second-order valence-electron chi connectivity index (χ2n) is 10.6. The smallest absolute Gasteiger partial charge is 0.320 e. The number of benzene rings is 1. The monoisotopic (exact) mass is 554 g/mol. The second kappa shape index (κ2) is 11.5. The molecule has 6 rings (SSSR count). The summed E-state index contributed by atoms with van der Waals surface area (Å²) in [6.45, 7) is 4.48. The predicted octanol–water partition coefficient (Wildman–Crippen LogP) is 4.01. The minimum Gasteiger partial charge on any atom is -0.463 e. The van der Waals surface area contributed by atoms with E-state index in [0.29, 0.717) is 61.5 Å². The molecule has 2 aliphatic rings. The van der Waals surface area contributed by atoms with Crippen molar-refractivity contribution in [3.05, 3.63) is 59.1 Å². The van der Waals surface area contributed by atoms with E-state index in [4.69, 9.17) is 10.5 Å². The highest BCUT2D eigenvalue weighted by Crippen LogP contribution is 2.28. The van der Waals surface area contributed by atoms with Gasteiger partial charge in [0.25, 0.3) is 0 Å². The van der Waals surface area contributed by atoms with E-state index < -0.39 is 0 Å². The number of anilines is 1. The number of likely N-dealkylation sites (tertiary alicyclic amines) is 1.